The van der Waals surface area contributed by atoms with Crippen LogP contribution in [0.3, 0.4) is 0 Å². The summed E-state index contributed by atoms with van der Waals surface area (Å²) in [7, 11) is 1.62. The van der Waals surface area contributed by atoms with Crippen LogP contribution in [0.5, 0.6) is 0 Å². The second-order valence-corrected chi connectivity index (χ2v) is 10.7. The van der Waals surface area contributed by atoms with Crippen LogP contribution in [0.25, 0.3) is 0 Å². The summed E-state index contributed by atoms with van der Waals surface area (Å²) in [6.45, 7) is 4.27. The maximum absolute atomic E-state index is 11.1. The number of ether oxygens (including phenoxy) is 6. The maximum Gasteiger partial charge on any atom is 0.216 e. The summed E-state index contributed by atoms with van der Waals surface area (Å²) in [6.07, 6.45) is 0.129. The van der Waals surface area contributed by atoms with E-state index in [-0.39, 0.29) is 5.91 Å². The van der Waals surface area contributed by atoms with Gasteiger partial charge in [-0.15, -0.1) is 0 Å². The quantitative estimate of drug-likeness (QED) is 0.197. The summed E-state index contributed by atoms with van der Waals surface area (Å²) in [4.78, 5) is 11.1. The minimum absolute atomic E-state index is 0.00460. The predicted molar refractivity (Wildman–Crippen MR) is 164 cm³/mol. The fourth-order valence-electron chi connectivity index (χ4n) is 5.04. The summed E-state index contributed by atoms with van der Waals surface area (Å²) in [5.41, 5.74) is 3.15. The van der Waals surface area contributed by atoms with Crippen molar-refractivity contribution < 1.29 is 33.2 Å². The number of benzene rings is 3. The first-order valence-electron chi connectivity index (χ1n) is 15.1. The van der Waals surface area contributed by atoms with Crippen molar-refractivity contribution in [2.75, 3.05) is 26.9 Å². The number of methoxy groups -OCH3 is 1. The number of carbonyl (C=O) groups excluding carboxylic acids is 1. The Labute approximate surface area is 255 Å². The van der Waals surface area contributed by atoms with Gasteiger partial charge in [-0.3, -0.25) is 4.79 Å². The SMILES string of the molecule is COC1OC(COCCCCCNC(C)=O)C(OCc2ccccc2)C(OCc2ccccc2)C1OCc1ccccc1. The highest BCUT2D eigenvalue weighted by Crippen LogP contribution is 2.31. The Kier molecular flexibility index (Phi) is 14.1. The lowest BCUT2D eigenvalue weighted by molar-refractivity contribution is -0.323. The Morgan fingerprint density at radius 2 is 1.21 bits per heavy atom. The van der Waals surface area contributed by atoms with Crippen molar-refractivity contribution in [3.63, 3.8) is 0 Å². The van der Waals surface area contributed by atoms with Crippen LogP contribution in [0.1, 0.15) is 42.9 Å². The minimum Gasteiger partial charge on any atom is -0.379 e. The van der Waals surface area contributed by atoms with Crippen LogP contribution in [0.4, 0.5) is 0 Å². The molecule has 1 saturated heterocycles. The molecule has 0 aromatic heterocycles. The Balaban J connectivity index is 1.48. The van der Waals surface area contributed by atoms with Gasteiger partial charge in [0.05, 0.1) is 26.4 Å². The molecule has 3 aromatic carbocycles. The second kappa shape index (κ2) is 18.5. The van der Waals surface area contributed by atoms with Crippen LogP contribution in [-0.2, 0) is 53.0 Å². The van der Waals surface area contributed by atoms with Gasteiger partial charge in [0.25, 0.3) is 0 Å². The monoisotopic (exact) mass is 591 g/mol. The van der Waals surface area contributed by atoms with E-state index in [1.807, 2.05) is 91.0 Å². The average Bonchev–Trinajstić information content (AvgIpc) is 3.04. The smallest absolute Gasteiger partial charge is 0.216 e. The summed E-state index contributed by atoms with van der Waals surface area (Å²) >= 11 is 0. The first-order chi connectivity index (χ1) is 21.1. The minimum atomic E-state index is -0.674. The molecule has 1 fully saturated rings. The zero-order valence-corrected chi connectivity index (χ0v) is 25.3. The zero-order valence-electron chi connectivity index (χ0n) is 25.3. The molecule has 43 heavy (non-hydrogen) atoms. The van der Waals surface area contributed by atoms with E-state index in [0.717, 1.165) is 36.0 Å². The molecule has 3 aromatic rings. The molecule has 0 aliphatic carbocycles. The highest BCUT2D eigenvalue weighted by molar-refractivity contribution is 5.72. The summed E-state index contributed by atoms with van der Waals surface area (Å²) < 4.78 is 38.1. The molecule has 1 aliphatic rings. The standard InChI is InChI=1S/C35H45NO7/c1-27(37)36-21-13-6-14-22-39-26-31-32(40-23-28-15-7-3-8-16-28)33(41-24-29-17-9-4-10-18-29)34(35(38-2)43-31)42-25-30-19-11-5-12-20-30/h3-5,7-12,15-20,31-35H,6,13-14,21-26H2,1-2H3,(H,36,37). The lowest BCUT2D eigenvalue weighted by Crippen LogP contribution is -2.61. The van der Waals surface area contributed by atoms with Crippen LogP contribution >= 0.6 is 0 Å². The molecule has 4 rings (SSSR count). The number of unbranched alkanes of at least 4 members (excludes halogenated alkanes) is 2. The molecule has 8 nitrogen and oxygen atoms in total. The van der Waals surface area contributed by atoms with Gasteiger partial charge in [0.1, 0.15) is 24.4 Å². The van der Waals surface area contributed by atoms with Gasteiger partial charge >= 0.3 is 0 Å². The van der Waals surface area contributed by atoms with Crippen LogP contribution in [-0.4, -0.2) is 63.5 Å². The Morgan fingerprint density at radius 3 is 1.72 bits per heavy atom. The molecule has 8 heteroatoms. The van der Waals surface area contributed by atoms with Crippen molar-refractivity contribution in [2.45, 2.75) is 76.7 Å². The van der Waals surface area contributed by atoms with Crippen LogP contribution < -0.4 is 5.32 Å². The Morgan fingerprint density at radius 1 is 0.698 bits per heavy atom. The summed E-state index contributed by atoms with van der Waals surface area (Å²) in [5.74, 6) is -0.00460. The van der Waals surface area contributed by atoms with Crippen molar-refractivity contribution in [1.82, 2.24) is 5.32 Å². The lowest BCUT2D eigenvalue weighted by Gasteiger charge is -2.45. The molecular weight excluding hydrogens is 546 g/mol. The molecule has 0 radical (unpaired) electrons. The fraction of sp³-hybridized carbons (Fsp3) is 0.457. The average molecular weight is 592 g/mol. The highest BCUT2D eigenvalue weighted by Gasteiger charge is 2.48. The first kappa shape index (κ1) is 32.8. The molecule has 0 saturated carbocycles. The number of hydrogen-bond donors (Lipinski definition) is 1. The second-order valence-electron chi connectivity index (χ2n) is 10.7. The van der Waals surface area contributed by atoms with Crippen molar-refractivity contribution in [3.8, 4) is 0 Å². The van der Waals surface area contributed by atoms with E-state index >= 15 is 0 Å². The number of nitrogens with one attached hydrogen (secondary N) is 1. The van der Waals surface area contributed by atoms with Gasteiger partial charge in [0.2, 0.25) is 5.91 Å². The van der Waals surface area contributed by atoms with Gasteiger partial charge in [-0.05, 0) is 36.0 Å². The van der Waals surface area contributed by atoms with E-state index in [1.165, 1.54) is 6.92 Å². The van der Waals surface area contributed by atoms with Crippen molar-refractivity contribution in [3.05, 3.63) is 108 Å². The van der Waals surface area contributed by atoms with Crippen LogP contribution in [0, 0.1) is 0 Å². The summed E-state index contributed by atoms with van der Waals surface area (Å²) in [5, 5.41) is 2.83. The van der Waals surface area contributed by atoms with E-state index in [1.54, 1.807) is 7.11 Å². The number of hydrogen-bond acceptors (Lipinski definition) is 7. The molecule has 5 atom stereocenters. The topological polar surface area (TPSA) is 84.5 Å². The Bertz CT molecular complexity index is 1160. The molecule has 1 amide bonds. The van der Waals surface area contributed by atoms with Gasteiger partial charge < -0.3 is 33.7 Å². The largest absolute Gasteiger partial charge is 0.379 e. The van der Waals surface area contributed by atoms with Crippen molar-refractivity contribution in [2.24, 2.45) is 0 Å². The molecule has 1 N–H and O–H groups in total. The lowest BCUT2D eigenvalue weighted by atomic mass is 9.97. The zero-order chi connectivity index (χ0) is 30.1. The number of carbonyl (C=O) groups is 1. The van der Waals surface area contributed by atoms with E-state index in [9.17, 15) is 4.79 Å². The third kappa shape index (κ3) is 11.2. The molecule has 1 heterocycles. The van der Waals surface area contributed by atoms with E-state index in [2.05, 4.69) is 5.32 Å². The van der Waals surface area contributed by atoms with E-state index in [0.29, 0.717) is 39.6 Å². The van der Waals surface area contributed by atoms with Crippen molar-refractivity contribution >= 4 is 5.91 Å². The molecule has 0 bridgehead atoms. The molecule has 232 valence electrons. The number of rotatable bonds is 18. The van der Waals surface area contributed by atoms with Crippen LogP contribution in [0.15, 0.2) is 91.0 Å². The van der Waals surface area contributed by atoms with Crippen LogP contribution in [0.2, 0.25) is 0 Å². The van der Waals surface area contributed by atoms with Crippen molar-refractivity contribution in [1.29, 1.82) is 0 Å². The molecule has 0 spiro atoms. The molecule has 5 unspecified atom stereocenters. The third-order valence-corrected chi connectivity index (χ3v) is 7.30. The number of amides is 1. The third-order valence-electron chi connectivity index (χ3n) is 7.30. The Hall–Kier alpha value is -3.11. The van der Waals surface area contributed by atoms with Gasteiger partial charge in [-0.25, -0.2) is 0 Å². The highest BCUT2D eigenvalue weighted by atomic mass is 16.7. The van der Waals surface area contributed by atoms with E-state index in [4.69, 9.17) is 28.4 Å². The molecular formula is C35H45NO7. The summed E-state index contributed by atoms with van der Waals surface area (Å²) in [6, 6.07) is 30.2. The van der Waals surface area contributed by atoms with E-state index < -0.39 is 30.7 Å². The first-order valence-corrected chi connectivity index (χ1v) is 15.1. The van der Waals surface area contributed by atoms with Gasteiger partial charge in [0.15, 0.2) is 6.29 Å². The fourth-order valence-corrected chi connectivity index (χ4v) is 5.04. The van der Waals surface area contributed by atoms with Gasteiger partial charge in [-0.1, -0.05) is 91.0 Å². The van der Waals surface area contributed by atoms with Gasteiger partial charge in [-0.2, -0.15) is 0 Å². The molecule has 1 aliphatic heterocycles. The van der Waals surface area contributed by atoms with Gasteiger partial charge in [0, 0.05) is 27.2 Å². The maximum atomic E-state index is 11.1. The normalized spacial score (nSPS) is 21.9. The predicted octanol–water partition coefficient (Wildman–Crippen LogP) is 5.44.